The number of nitrogens with zero attached hydrogens (tertiary/aromatic N) is 2. The van der Waals surface area contributed by atoms with Gasteiger partial charge in [0.25, 0.3) is 0 Å². The topological polar surface area (TPSA) is 15.6 Å². The summed E-state index contributed by atoms with van der Waals surface area (Å²) in [5.74, 6) is 0.795. The zero-order chi connectivity index (χ0) is 12.4. The van der Waals surface area contributed by atoms with Gasteiger partial charge >= 0.3 is 0 Å². The maximum Gasteiger partial charge on any atom is 0.168 e. The third-order valence-electron chi connectivity index (χ3n) is 4.92. The van der Waals surface area contributed by atoms with Crippen molar-refractivity contribution in [2.24, 2.45) is 10.9 Å². The number of allylic oxidation sites excluding steroid dienone is 1. The second-order valence-corrected chi connectivity index (χ2v) is 7.05. The molecule has 0 radical (unpaired) electrons. The summed E-state index contributed by atoms with van der Waals surface area (Å²) in [5, 5.41) is 1.28. The summed E-state index contributed by atoms with van der Waals surface area (Å²) in [5.41, 5.74) is 4.42. The minimum absolute atomic E-state index is 0. The molecule has 5 rings (SSSR count). The first-order chi connectivity index (χ1) is 9.40. The summed E-state index contributed by atoms with van der Waals surface area (Å²) in [6.07, 6.45) is 5.16. The molecule has 0 amide bonds. The Balaban J connectivity index is 0.00000106. The fraction of sp³-hybridized carbons (Fsp3) is 0.438. The molecule has 0 saturated heterocycles. The Morgan fingerprint density at radius 1 is 1.20 bits per heavy atom. The number of amidine groups is 1. The van der Waals surface area contributed by atoms with Crippen LogP contribution in [0.25, 0.3) is 5.70 Å². The maximum absolute atomic E-state index is 5.03. The van der Waals surface area contributed by atoms with E-state index in [2.05, 4.69) is 29.2 Å². The largest absolute Gasteiger partial charge is 0.319 e. The first-order valence-corrected chi connectivity index (χ1v) is 8.06. The van der Waals surface area contributed by atoms with Gasteiger partial charge in [-0.2, -0.15) is 0 Å². The van der Waals surface area contributed by atoms with Crippen molar-refractivity contribution in [1.29, 1.82) is 0 Å². The van der Waals surface area contributed by atoms with Gasteiger partial charge in [0.05, 0.1) is 11.7 Å². The van der Waals surface area contributed by atoms with Gasteiger partial charge in [-0.3, -0.25) is 4.99 Å². The van der Waals surface area contributed by atoms with Crippen LogP contribution < -0.4 is 0 Å². The Hall–Kier alpha value is -0.740. The monoisotopic (exact) mass is 348 g/mol. The van der Waals surface area contributed by atoms with Gasteiger partial charge in [-0.15, -0.1) is 17.0 Å². The number of thioether (sulfide) groups is 1. The third kappa shape index (κ3) is 1.67. The van der Waals surface area contributed by atoms with Crippen molar-refractivity contribution >= 4 is 39.6 Å². The predicted octanol–water partition coefficient (Wildman–Crippen LogP) is 4.08. The molecule has 20 heavy (non-hydrogen) atoms. The van der Waals surface area contributed by atoms with E-state index in [9.17, 15) is 0 Å². The highest BCUT2D eigenvalue weighted by Gasteiger charge is 2.42. The minimum atomic E-state index is 0. The number of halogens is 1. The number of aliphatic imine (C=N–C) groups is 1. The van der Waals surface area contributed by atoms with Crippen molar-refractivity contribution in [2.45, 2.75) is 31.7 Å². The Morgan fingerprint density at radius 2 is 2.10 bits per heavy atom. The molecule has 0 N–H and O–H groups in total. The van der Waals surface area contributed by atoms with Crippen LogP contribution in [0.3, 0.4) is 0 Å². The normalized spacial score (nSPS) is 29.4. The van der Waals surface area contributed by atoms with Gasteiger partial charge in [0.2, 0.25) is 0 Å². The van der Waals surface area contributed by atoms with Crippen LogP contribution >= 0.6 is 28.7 Å². The molecule has 2 nitrogen and oxygen atoms in total. The van der Waals surface area contributed by atoms with Crippen molar-refractivity contribution < 1.29 is 0 Å². The van der Waals surface area contributed by atoms with E-state index >= 15 is 0 Å². The molecular weight excluding hydrogens is 332 g/mol. The van der Waals surface area contributed by atoms with Gasteiger partial charge in [-0.05, 0) is 24.3 Å². The van der Waals surface area contributed by atoms with E-state index in [0.29, 0.717) is 6.04 Å². The van der Waals surface area contributed by atoms with Crippen LogP contribution in [-0.2, 0) is 6.42 Å². The molecular formula is C16H17BrN2S. The standard InChI is InChI=1S/C16H16N2S.BrH/c1-2-6-12-10(4-1)8-14-15(12)18-9-11-5-3-7-13(11)17-16(18)19-14;/h1-2,4,6,11,13H,3,5,7-9H2;1H. The number of rotatable bonds is 0. The predicted molar refractivity (Wildman–Crippen MR) is 90.2 cm³/mol. The van der Waals surface area contributed by atoms with Crippen molar-refractivity contribution in [3.63, 3.8) is 0 Å². The highest BCUT2D eigenvalue weighted by molar-refractivity contribution is 8.93. The second kappa shape index (κ2) is 4.63. The van der Waals surface area contributed by atoms with Gasteiger partial charge in [0.15, 0.2) is 5.17 Å². The lowest BCUT2D eigenvalue weighted by Crippen LogP contribution is -2.37. The molecule has 4 aliphatic rings. The number of benzene rings is 1. The first-order valence-electron chi connectivity index (χ1n) is 7.25. The van der Waals surface area contributed by atoms with Crippen LogP contribution in [0.15, 0.2) is 34.2 Å². The Bertz CT molecular complexity index is 637. The molecule has 0 aromatic heterocycles. The van der Waals surface area contributed by atoms with Crippen molar-refractivity contribution in [2.75, 3.05) is 6.54 Å². The van der Waals surface area contributed by atoms with Crippen LogP contribution in [0.2, 0.25) is 0 Å². The lowest BCUT2D eigenvalue weighted by molar-refractivity contribution is 0.371. The molecule has 2 aliphatic carbocycles. The summed E-state index contributed by atoms with van der Waals surface area (Å²) >= 11 is 1.93. The lowest BCUT2D eigenvalue weighted by Gasteiger charge is -2.32. The Morgan fingerprint density at radius 3 is 3.05 bits per heavy atom. The molecule has 0 bridgehead atoms. The van der Waals surface area contributed by atoms with Gasteiger partial charge in [0, 0.05) is 23.4 Å². The minimum Gasteiger partial charge on any atom is -0.319 e. The average Bonchev–Trinajstić information content (AvgIpc) is 3.07. The van der Waals surface area contributed by atoms with Crippen molar-refractivity contribution in [3.8, 4) is 0 Å². The summed E-state index contributed by atoms with van der Waals surface area (Å²) in [6, 6.07) is 9.49. The van der Waals surface area contributed by atoms with E-state index in [4.69, 9.17) is 4.99 Å². The van der Waals surface area contributed by atoms with E-state index in [0.717, 1.165) is 12.3 Å². The fourth-order valence-electron chi connectivity index (χ4n) is 4.00. The number of fused-ring (bicyclic) bond motifs is 5. The second-order valence-electron chi connectivity index (χ2n) is 5.99. The van der Waals surface area contributed by atoms with E-state index in [1.165, 1.54) is 52.7 Å². The van der Waals surface area contributed by atoms with Crippen LogP contribution in [-0.4, -0.2) is 22.7 Å². The molecule has 104 valence electrons. The van der Waals surface area contributed by atoms with Crippen LogP contribution in [0.5, 0.6) is 0 Å². The molecule has 0 spiro atoms. The van der Waals surface area contributed by atoms with Gasteiger partial charge < -0.3 is 4.90 Å². The smallest absolute Gasteiger partial charge is 0.168 e. The zero-order valence-electron chi connectivity index (χ0n) is 11.2. The molecule has 1 aromatic rings. The number of hydrogen-bond donors (Lipinski definition) is 0. The van der Waals surface area contributed by atoms with E-state index in [-0.39, 0.29) is 17.0 Å². The summed E-state index contributed by atoms with van der Waals surface area (Å²) < 4.78 is 0. The highest BCUT2D eigenvalue weighted by Crippen LogP contribution is 2.50. The van der Waals surface area contributed by atoms with Crippen molar-refractivity contribution in [1.82, 2.24) is 4.90 Å². The van der Waals surface area contributed by atoms with E-state index in [1.807, 2.05) is 11.8 Å². The van der Waals surface area contributed by atoms with Crippen LogP contribution in [0.4, 0.5) is 0 Å². The quantitative estimate of drug-likeness (QED) is 0.702. The van der Waals surface area contributed by atoms with Gasteiger partial charge in [0.1, 0.15) is 0 Å². The number of hydrogen-bond acceptors (Lipinski definition) is 3. The van der Waals surface area contributed by atoms with Crippen LogP contribution in [0, 0.1) is 5.92 Å². The molecule has 1 aromatic carbocycles. The van der Waals surface area contributed by atoms with Crippen LogP contribution in [0.1, 0.15) is 30.4 Å². The molecule has 2 aliphatic heterocycles. The maximum atomic E-state index is 5.03. The summed E-state index contributed by atoms with van der Waals surface area (Å²) in [7, 11) is 0. The van der Waals surface area contributed by atoms with Gasteiger partial charge in [-0.1, -0.05) is 42.4 Å². The van der Waals surface area contributed by atoms with E-state index in [1.54, 1.807) is 0 Å². The van der Waals surface area contributed by atoms with Gasteiger partial charge in [-0.25, -0.2) is 0 Å². The highest BCUT2D eigenvalue weighted by atomic mass is 79.9. The first kappa shape index (κ1) is 13.0. The third-order valence-corrected chi connectivity index (χ3v) is 6.01. The summed E-state index contributed by atoms with van der Waals surface area (Å²) in [4.78, 5) is 9.07. The summed E-state index contributed by atoms with van der Waals surface area (Å²) in [6.45, 7) is 1.20. The molecule has 2 atom stereocenters. The van der Waals surface area contributed by atoms with Crippen molar-refractivity contribution in [3.05, 3.63) is 40.3 Å². The average molecular weight is 349 g/mol. The Kier molecular flexibility index (Phi) is 3.00. The fourth-order valence-corrected chi connectivity index (χ4v) is 5.22. The molecule has 1 fully saturated rings. The SMILES string of the molecule is Br.c1ccc2c(c1)CC1=C2N2CC3CCCC3N=C2S1. The molecule has 1 saturated carbocycles. The molecule has 4 heteroatoms. The van der Waals surface area contributed by atoms with E-state index < -0.39 is 0 Å². The lowest BCUT2D eigenvalue weighted by atomic mass is 10.0. The zero-order valence-corrected chi connectivity index (χ0v) is 13.7. The molecule has 2 unspecified atom stereocenters. The molecule has 2 heterocycles. The Labute approximate surface area is 134 Å².